The van der Waals surface area contributed by atoms with Gasteiger partial charge in [0.2, 0.25) is 0 Å². The Hall–Kier alpha value is -0.750. The average molecular weight is 324 g/mol. The molecule has 0 spiro atoms. The third-order valence-electron chi connectivity index (χ3n) is 1.26. The summed E-state index contributed by atoms with van der Waals surface area (Å²) in [5.74, 6) is -2.09. The van der Waals surface area contributed by atoms with Gasteiger partial charge in [0.1, 0.15) is 0 Å². The Bertz CT molecular complexity index is 403. The minimum absolute atomic E-state index is 0. The number of carbonyl (C=O) groups excluding carboxylic acids is 1. The number of rotatable bonds is 5. The van der Waals surface area contributed by atoms with Crippen LogP contribution in [0.15, 0.2) is 0 Å². The molecule has 0 atom stereocenters. The first-order valence-corrected chi connectivity index (χ1v) is 8.19. The SMILES string of the molecule is CCC(=O)OC(C)C.O.O=S(=O)(O)CCS(=O)(=O)O. The van der Waals surface area contributed by atoms with Crippen LogP contribution in [-0.2, 0) is 29.8 Å². The largest absolute Gasteiger partial charge is 0.463 e. The van der Waals surface area contributed by atoms with Gasteiger partial charge in [0.25, 0.3) is 20.2 Å². The number of hydrogen-bond acceptors (Lipinski definition) is 6. The second-order valence-electron chi connectivity index (χ2n) is 3.46. The molecule has 0 rings (SSSR count). The molecule has 0 bridgehead atoms. The van der Waals surface area contributed by atoms with Crippen molar-refractivity contribution in [3.8, 4) is 0 Å². The zero-order valence-corrected chi connectivity index (χ0v) is 12.5. The molecule has 0 aromatic carbocycles. The van der Waals surface area contributed by atoms with Crippen molar-refractivity contribution in [2.45, 2.75) is 33.3 Å². The molecule has 0 heterocycles. The van der Waals surface area contributed by atoms with Crippen molar-refractivity contribution in [2.24, 2.45) is 0 Å². The molecule has 0 amide bonds. The van der Waals surface area contributed by atoms with E-state index in [1.54, 1.807) is 6.92 Å². The second-order valence-corrected chi connectivity index (χ2v) is 6.61. The van der Waals surface area contributed by atoms with Gasteiger partial charge in [-0.15, -0.1) is 0 Å². The molecule has 118 valence electrons. The molecule has 0 fully saturated rings. The minimum Gasteiger partial charge on any atom is -0.463 e. The second kappa shape index (κ2) is 10.1. The topological polar surface area (TPSA) is 167 Å². The van der Waals surface area contributed by atoms with Gasteiger partial charge in [0.15, 0.2) is 0 Å². The van der Waals surface area contributed by atoms with Gasteiger partial charge in [-0.2, -0.15) is 16.8 Å². The highest BCUT2D eigenvalue weighted by Gasteiger charge is 2.11. The van der Waals surface area contributed by atoms with E-state index in [9.17, 15) is 21.6 Å². The predicted octanol–water partition coefficient (Wildman–Crippen LogP) is -0.715. The van der Waals surface area contributed by atoms with Crippen LogP contribution < -0.4 is 0 Å². The maximum atomic E-state index is 10.4. The van der Waals surface area contributed by atoms with Gasteiger partial charge in [0, 0.05) is 6.42 Å². The highest BCUT2D eigenvalue weighted by Crippen LogP contribution is 1.90. The van der Waals surface area contributed by atoms with Crippen molar-refractivity contribution in [1.82, 2.24) is 0 Å². The summed E-state index contributed by atoms with van der Waals surface area (Å²) in [5.41, 5.74) is 0. The molecule has 19 heavy (non-hydrogen) atoms. The molecule has 0 aliphatic rings. The molecular weight excluding hydrogens is 304 g/mol. The Morgan fingerprint density at radius 3 is 1.47 bits per heavy atom. The fraction of sp³-hybridized carbons (Fsp3) is 0.875. The molecule has 0 aliphatic carbocycles. The van der Waals surface area contributed by atoms with Crippen LogP contribution in [-0.4, -0.2) is 55.0 Å². The van der Waals surface area contributed by atoms with Gasteiger partial charge in [-0.1, -0.05) is 6.92 Å². The molecule has 0 aromatic heterocycles. The quantitative estimate of drug-likeness (QED) is 0.493. The van der Waals surface area contributed by atoms with Crippen molar-refractivity contribution in [3.63, 3.8) is 0 Å². The first kappa shape index (κ1) is 23.4. The highest BCUT2D eigenvalue weighted by molar-refractivity contribution is 7.89. The van der Waals surface area contributed by atoms with Crippen LogP contribution in [0.25, 0.3) is 0 Å². The van der Waals surface area contributed by atoms with Crippen LogP contribution in [0, 0.1) is 0 Å². The number of ether oxygens (including phenoxy) is 1. The number of hydrogen-bond donors (Lipinski definition) is 2. The zero-order valence-electron chi connectivity index (χ0n) is 10.9. The normalized spacial score (nSPS) is 11.1. The van der Waals surface area contributed by atoms with E-state index in [0.717, 1.165) is 0 Å². The summed E-state index contributed by atoms with van der Waals surface area (Å²) < 4.78 is 60.1. The van der Waals surface area contributed by atoms with Crippen LogP contribution in [0.3, 0.4) is 0 Å². The highest BCUT2D eigenvalue weighted by atomic mass is 32.2. The van der Waals surface area contributed by atoms with Gasteiger partial charge in [-0.25, -0.2) is 0 Å². The lowest BCUT2D eigenvalue weighted by Crippen LogP contribution is -2.15. The van der Waals surface area contributed by atoms with Crippen molar-refractivity contribution < 1.29 is 40.9 Å². The molecule has 0 aromatic rings. The smallest absolute Gasteiger partial charge is 0.305 e. The average Bonchev–Trinajstić information content (AvgIpc) is 2.12. The lowest BCUT2D eigenvalue weighted by molar-refractivity contribution is -0.146. The van der Waals surface area contributed by atoms with Crippen molar-refractivity contribution in [3.05, 3.63) is 0 Å². The number of esters is 1. The molecule has 4 N–H and O–H groups in total. The predicted molar refractivity (Wildman–Crippen MR) is 68.0 cm³/mol. The summed E-state index contributed by atoms with van der Waals surface area (Å²) >= 11 is 0. The van der Waals surface area contributed by atoms with E-state index in [-0.39, 0.29) is 17.5 Å². The molecule has 0 aliphatic heterocycles. The Morgan fingerprint density at radius 1 is 1.05 bits per heavy atom. The third-order valence-corrected chi connectivity index (χ3v) is 2.95. The lowest BCUT2D eigenvalue weighted by atomic mass is 10.4. The standard InChI is InChI=1S/C6H12O2.C2H6O6S2.H2O/c1-4-6(7)8-5(2)3;3-9(4,5)1-2-10(6,7)8;/h5H,4H2,1-3H3;1-2H2,(H,3,4,5)(H,6,7,8);1H2. The van der Waals surface area contributed by atoms with Crippen LogP contribution in [0.4, 0.5) is 0 Å². The van der Waals surface area contributed by atoms with Gasteiger partial charge in [0.05, 0.1) is 17.6 Å². The third kappa shape index (κ3) is 26.7. The monoisotopic (exact) mass is 324 g/mol. The first-order valence-electron chi connectivity index (χ1n) is 4.97. The van der Waals surface area contributed by atoms with E-state index in [2.05, 4.69) is 0 Å². The Balaban J connectivity index is -0.000000262. The molecule has 0 unspecified atom stereocenters. The van der Waals surface area contributed by atoms with Crippen LogP contribution in [0.5, 0.6) is 0 Å². The molecule has 0 saturated heterocycles. The van der Waals surface area contributed by atoms with Gasteiger partial charge >= 0.3 is 5.97 Å². The van der Waals surface area contributed by atoms with Crippen LogP contribution in [0.1, 0.15) is 27.2 Å². The number of carbonyl (C=O) groups is 1. The van der Waals surface area contributed by atoms with E-state index in [1.165, 1.54) is 0 Å². The van der Waals surface area contributed by atoms with Crippen molar-refractivity contribution in [1.29, 1.82) is 0 Å². The van der Waals surface area contributed by atoms with E-state index in [0.29, 0.717) is 6.42 Å². The molecule has 0 radical (unpaired) electrons. The first-order chi connectivity index (χ1) is 7.87. The minimum atomic E-state index is -4.30. The van der Waals surface area contributed by atoms with Crippen molar-refractivity contribution >= 4 is 26.2 Å². The van der Waals surface area contributed by atoms with Crippen LogP contribution >= 0.6 is 0 Å². The van der Waals surface area contributed by atoms with E-state index >= 15 is 0 Å². The summed E-state index contributed by atoms with van der Waals surface area (Å²) in [6.07, 6.45) is 0.500. The molecular formula is C8H20O9S2. The molecule has 11 heteroatoms. The molecule has 0 saturated carbocycles. The van der Waals surface area contributed by atoms with Crippen molar-refractivity contribution in [2.75, 3.05) is 11.5 Å². The fourth-order valence-electron chi connectivity index (χ4n) is 0.557. The van der Waals surface area contributed by atoms with Gasteiger partial charge < -0.3 is 10.2 Å². The Morgan fingerprint density at radius 2 is 1.37 bits per heavy atom. The maximum Gasteiger partial charge on any atom is 0.305 e. The lowest BCUT2D eigenvalue weighted by Gasteiger charge is -2.04. The van der Waals surface area contributed by atoms with E-state index < -0.39 is 31.7 Å². The summed E-state index contributed by atoms with van der Waals surface area (Å²) in [5, 5.41) is 0. The van der Waals surface area contributed by atoms with E-state index in [4.69, 9.17) is 13.8 Å². The van der Waals surface area contributed by atoms with Gasteiger partial charge in [-0.05, 0) is 13.8 Å². The Kier molecular flexibility index (Phi) is 12.4. The maximum absolute atomic E-state index is 10.4. The fourth-order valence-corrected chi connectivity index (χ4v) is 2.24. The van der Waals surface area contributed by atoms with Crippen LogP contribution in [0.2, 0.25) is 0 Å². The summed E-state index contributed by atoms with van der Waals surface area (Å²) in [6.45, 7) is 5.46. The summed E-state index contributed by atoms with van der Waals surface area (Å²) in [6, 6.07) is 0. The summed E-state index contributed by atoms with van der Waals surface area (Å²) in [4.78, 5) is 10.4. The van der Waals surface area contributed by atoms with Gasteiger partial charge in [-0.3, -0.25) is 13.9 Å². The van der Waals surface area contributed by atoms with E-state index in [1.807, 2.05) is 13.8 Å². The Labute approximate surface area is 112 Å². The molecule has 9 nitrogen and oxygen atoms in total. The summed E-state index contributed by atoms with van der Waals surface area (Å²) in [7, 11) is -8.59. The zero-order chi connectivity index (χ0) is 15.0.